The fourth-order valence-electron chi connectivity index (χ4n) is 4.47. The zero-order chi connectivity index (χ0) is 29.6. The number of anilines is 3. The Morgan fingerprint density at radius 2 is 1.88 bits per heavy atom. The maximum absolute atomic E-state index is 13.7. The summed E-state index contributed by atoms with van der Waals surface area (Å²) in [6.45, 7) is 1.03. The van der Waals surface area contributed by atoms with Crippen molar-refractivity contribution in [3.05, 3.63) is 71.3 Å². The fourth-order valence-corrected chi connectivity index (χ4v) is 4.65. The molecular formula is C30H28ClFN4O6. The average molecular weight is 595 g/mol. The van der Waals surface area contributed by atoms with Gasteiger partial charge in [-0.2, -0.15) is 0 Å². The number of rotatable bonds is 10. The SMILES string of the molecule is COc1ccc(/C=C/C(=O)Nc2cc3c(Nc4ccc(F)c(Cl)c4)ncnc3cc2O[C@H]2CCOC2)c(OC)c1OC. The molecule has 0 aliphatic carbocycles. The summed E-state index contributed by atoms with van der Waals surface area (Å²) in [5, 5.41) is 6.61. The molecule has 3 aromatic carbocycles. The van der Waals surface area contributed by atoms with Gasteiger partial charge in [0.15, 0.2) is 11.5 Å². The summed E-state index contributed by atoms with van der Waals surface area (Å²) in [7, 11) is 4.55. The third kappa shape index (κ3) is 6.32. The van der Waals surface area contributed by atoms with Crippen LogP contribution in [-0.4, -0.2) is 56.5 Å². The van der Waals surface area contributed by atoms with Gasteiger partial charge < -0.3 is 34.3 Å². The number of aromatic nitrogens is 2. The zero-order valence-electron chi connectivity index (χ0n) is 23.1. The van der Waals surface area contributed by atoms with E-state index in [0.29, 0.717) is 76.3 Å². The summed E-state index contributed by atoms with van der Waals surface area (Å²) in [6.07, 6.45) is 4.92. The molecule has 1 atom stereocenters. The normalized spacial score (nSPS) is 14.6. The molecule has 10 nitrogen and oxygen atoms in total. The maximum Gasteiger partial charge on any atom is 0.248 e. The molecule has 1 aromatic heterocycles. The van der Waals surface area contributed by atoms with Crippen LogP contribution in [0.5, 0.6) is 23.0 Å². The molecule has 2 N–H and O–H groups in total. The second-order valence-corrected chi connectivity index (χ2v) is 9.60. The van der Waals surface area contributed by atoms with E-state index in [1.807, 2.05) is 0 Å². The van der Waals surface area contributed by atoms with Crippen LogP contribution >= 0.6 is 11.6 Å². The molecule has 0 radical (unpaired) electrons. The van der Waals surface area contributed by atoms with Crippen molar-refractivity contribution < 1.29 is 32.9 Å². The van der Waals surface area contributed by atoms with Gasteiger partial charge in [-0.25, -0.2) is 14.4 Å². The van der Waals surface area contributed by atoms with Gasteiger partial charge in [0.2, 0.25) is 11.7 Å². The van der Waals surface area contributed by atoms with Crippen molar-refractivity contribution in [2.24, 2.45) is 0 Å². The molecule has 5 rings (SSSR count). The Bertz CT molecular complexity index is 1640. The van der Waals surface area contributed by atoms with Crippen LogP contribution in [0.3, 0.4) is 0 Å². The highest BCUT2D eigenvalue weighted by Gasteiger charge is 2.21. The predicted molar refractivity (Wildman–Crippen MR) is 158 cm³/mol. The van der Waals surface area contributed by atoms with Crippen LogP contribution in [0.25, 0.3) is 17.0 Å². The number of methoxy groups -OCH3 is 3. The van der Waals surface area contributed by atoms with E-state index in [9.17, 15) is 9.18 Å². The van der Waals surface area contributed by atoms with E-state index in [-0.39, 0.29) is 11.1 Å². The van der Waals surface area contributed by atoms with Crippen LogP contribution in [-0.2, 0) is 9.53 Å². The number of carbonyl (C=O) groups is 1. The van der Waals surface area contributed by atoms with Gasteiger partial charge in [-0.05, 0) is 42.5 Å². The Balaban J connectivity index is 1.47. The monoisotopic (exact) mass is 594 g/mol. The smallest absolute Gasteiger partial charge is 0.248 e. The van der Waals surface area contributed by atoms with Crippen LogP contribution in [0.15, 0.2) is 54.9 Å². The number of benzene rings is 3. The first kappa shape index (κ1) is 28.9. The van der Waals surface area contributed by atoms with E-state index in [2.05, 4.69) is 20.6 Å². The van der Waals surface area contributed by atoms with Crippen LogP contribution in [0.2, 0.25) is 5.02 Å². The number of amides is 1. The van der Waals surface area contributed by atoms with Crippen molar-refractivity contribution in [2.75, 3.05) is 45.2 Å². The third-order valence-electron chi connectivity index (χ3n) is 6.51. The third-order valence-corrected chi connectivity index (χ3v) is 6.80. The zero-order valence-corrected chi connectivity index (χ0v) is 23.8. The molecule has 1 saturated heterocycles. The lowest BCUT2D eigenvalue weighted by Gasteiger charge is -2.18. The highest BCUT2D eigenvalue weighted by molar-refractivity contribution is 6.31. The number of hydrogen-bond acceptors (Lipinski definition) is 9. The number of hydrogen-bond donors (Lipinski definition) is 2. The molecular weight excluding hydrogens is 567 g/mol. The minimum absolute atomic E-state index is 0.0290. The first-order chi connectivity index (χ1) is 20.4. The van der Waals surface area contributed by atoms with E-state index in [0.717, 1.165) is 0 Å². The molecule has 0 unspecified atom stereocenters. The van der Waals surface area contributed by atoms with Crippen molar-refractivity contribution in [2.45, 2.75) is 12.5 Å². The van der Waals surface area contributed by atoms with Gasteiger partial charge in [-0.15, -0.1) is 0 Å². The number of carbonyl (C=O) groups excluding carboxylic acids is 1. The number of nitrogens with one attached hydrogen (secondary N) is 2. The second kappa shape index (κ2) is 12.9. The van der Waals surface area contributed by atoms with Crippen LogP contribution < -0.4 is 29.6 Å². The van der Waals surface area contributed by atoms with Crippen LogP contribution in [0.4, 0.5) is 21.6 Å². The Morgan fingerprint density at radius 3 is 2.60 bits per heavy atom. The van der Waals surface area contributed by atoms with Crippen molar-refractivity contribution in [1.29, 1.82) is 0 Å². The minimum Gasteiger partial charge on any atom is -0.493 e. The van der Waals surface area contributed by atoms with E-state index >= 15 is 0 Å². The first-order valence-corrected chi connectivity index (χ1v) is 13.3. The summed E-state index contributed by atoms with van der Waals surface area (Å²) in [5.41, 5.74) is 2.11. The molecule has 0 spiro atoms. The fraction of sp³-hybridized carbons (Fsp3) is 0.233. The standard InChI is InChI=1S/C30H28ClFN4O6/c1-38-25-8-4-17(28(39-2)29(25)40-3)5-9-27(37)36-24-13-20-23(14-26(24)42-19-10-11-41-15-19)33-16-34-30(20)35-18-6-7-22(32)21(31)12-18/h4-9,12-14,16,19H,10-11,15H2,1-3H3,(H,36,37)(H,33,34,35)/b9-5+/t19-/m0/s1. The Kier molecular flexibility index (Phi) is 8.89. The molecule has 0 bridgehead atoms. The molecule has 1 fully saturated rings. The van der Waals surface area contributed by atoms with Gasteiger partial charge in [-0.3, -0.25) is 4.79 Å². The summed E-state index contributed by atoms with van der Waals surface area (Å²) in [6, 6.07) is 11.2. The van der Waals surface area contributed by atoms with E-state index in [1.165, 1.54) is 45.9 Å². The molecule has 1 aliphatic rings. The Hall–Kier alpha value is -4.61. The predicted octanol–water partition coefficient (Wildman–Crippen LogP) is 6.01. The molecule has 12 heteroatoms. The van der Waals surface area contributed by atoms with Crippen LogP contribution in [0.1, 0.15) is 12.0 Å². The summed E-state index contributed by atoms with van der Waals surface area (Å²) < 4.78 is 41.6. The summed E-state index contributed by atoms with van der Waals surface area (Å²) >= 11 is 5.96. The van der Waals surface area contributed by atoms with Gasteiger partial charge in [0.25, 0.3) is 0 Å². The number of halogens is 2. The summed E-state index contributed by atoms with van der Waals surface area (Å²) in [4.78, 5) is 21.9. The molecule has 1 aliphatic heterocycles. The van der Waals surface area contributed by atoms with E-state index < -0.39 is 11.7 Å². The largest absolute Gasteiger partial charge is 0.493 e. The lowest BCUT2D eigenvalue weighted by atomic mass is 10.1. The highest BCUT2D eigenvalue weighted by Crippen LogP contribution is 2.40. The molecule has 42 heavy (non-hydrogen) atoms. The molecule has 4 aromatic rings. The minimum atomic E-state index is -0.531. The van der Waals surface area contributed by atoms with Crippen molar-refractivity contribution in [1.82, 2.24) is 9.97 Å². The number of nitrogens with zero attached hydrogens (tertiary/aromatic N) is 2. The van der Waals surface area contributed by atoms with Gasteiger partial charge in [0.1, 0.15) is 29.8 Å². The highest BCUT2D eigenvalue weighted by atomic mass is 35.5. The van der Waals surface area contributed by atoms with E-state index in [4.69, 9.17) is 35.3 Å². The van der Waals surface area contributed by atoms with Crippen molar-refractivity contribution in [3.8, 4) is 23.0 Å². The second-order valence-electron chi connectivity index (χ2n) is 9.19. The average Bonchev–Trinajstić information content (AvgIpc) is 3.51. The Morgan fingerprint density at radius 1 is 1.05 bits per heavy atom. The molecule has 1 amide bonds. The summed E-state index contributed by atoms with van der Waals surface area (Å²) in [5.74, 6) is 1.24. The topological polar surface area (TPSA) is 113 Å². The lowest BCUT2D eigenvalue weighted by molar-refractivity contribution is -0.111. The van der Waals surface area contributed by atoms with Crippen molar-refractivity contribution in [3.63, 3.8) is 0 Å². The van der Waals surface area contributed by atoms with Crippen LogP contribution in [0, 0.1) is 5.82 Å². The molecule has 2 heterocycles. The number of fused-ring (bicyclic) bond motifs is 1. The quantitative estimate of drug-likeness (QED) is 0.213. The molecule has 0 saturated carbocycles. The van der Waals surface area contributed by atoms with Gasteiger partial charge in [0, 0.05) is 35.2 Å². The van der Waals surface area contributed by atoms with Gasteiger partial charge in [-0.1, -0.05) is 11.6 Å². The van der Waals surface area contributed by atoms with E-state index in [1.54, 1.807) is 36.4 Å². The van der Waals surface area contributed by atoms with Gasteiger partial charge in [0.05, 0.1) is 50.8 Å². The lowest BCUT2D eigenvalue weighted by Crippen LogP contribution is -2.18. The molecule has 218 valence electrons. The maximum atomic E-state index is 13.7. The first-order valence-electron chi connectivity index (χ1n) is 12.9. The number of ether oxygens (including phenoxy) is 5. The van der Waals surface area contributed by atoms with Crippen molar-refractivity contribution >= 4 is 51.7 Å². The van der Waals surface area contributed by atoms with Gasteiger partial charge >= 0.3 is 0 Å². The Labute approximate surface area is 246 Å².